The second-order valence-corrected chi connectivity index (χ2v) is 7.62. The van der Waals surface area contributed by atoms with Gasteiger partial charge in [-0.05, 0) is 31.5 Å². The third kappa shape index (κ3) is 7.89. The number of piperazine rings is 1. The fourth-order valence-electron chi connectivity index (χ4n) is 3.98. The molecule has 30 heavy (non-hydrogen) atoms. The minimum atomic E-state index is -4.34. The molecule has 2 N–H and O–H groups in total. The van der Waals surface area contributed by atoms with Crippen molar-refractivity contribution in [2.24, 2.45) is 5.92 Å². The molecular formula is C20H31Cl2F3N4O. The molecule has 0 aliphatic carbocycles. The third-order valence-corrected chi connectivity index (χ3v) is 5.65. The number of likely N-dealkylation sites (tertiary alicyclic amines) is 1. The Morgan fingerprint density at radius 3 is 2.23 bits per heavy atom. The minimum absolute atomic E-state index is 0. The zero-order valence-corrected chi connectivity index (χ0v) is 18.5. The van der Waals surface area contributed by atoms with E-state index < -0.39 is 12.2 Å². The van der Waals surface area contributed by atoms with Gasteiger partial charge in [0.05, 0.1) is 0 Å². The van der Waals surface area contributed by atoms with E-state index in [1.165, 1.54) is 10.5 Å². The van der Waals surface area contributed by atoms with Crippen LogP contribution in [0.2, 0.25) is 0 Å². The van der Waals surface area contributed by atoms with E-state index in [2.05, 4.69) is 27.7 Å². The molecule has 0 radical (unpaired) electrons. The molecule has 2 fully saturated rings. The van der Waals surface area contributed by atoms with Gasteiger partial charge in [-0.2, -0.15) is 13.2 Å². The van der Waals surface area contributed by atoms with Crippen molar-refractivity contribution in [3.05, 3.63) is 35.9 Å². The molecule has 1 unspecified atom stereocenters. The number of halogens is 5. The molecular weight excluding hydrogens is 440 g/mol. The summed E-state index contributed by atoms with van der Waals surface area (Å²) < 4.78 is 40.3. The van der Waals surface area contributed by atoms with Gasteiger partial charge in [0, 0.05) is 45.2 Å². The van der Waals surface area contributed by atoms with Gasteiger partial charge in [0.15, 0.2) is 0 Å². The van der Waals surface area contributed by atoms with E-state index in [0.717, 1.165) is 19.6 Å². The molecule has 2 saturated heterocycles. The highest BCUT2D eigenvalue weighted by Crippen LogP contribution is 2.25. The lowest BCUT2D eigenvalue weighted by atomic mass is 9.95. The van der Waals surface area contributed by atoms with Crippen molar-refractivity contribution in [2.45, 2.75) is 31.6 Å². The number of rotatable bonds is 6. The lowest BCUT2D eigenvalue weighted by molar-refractivity contribution is -0.184. The lowest BCUT2D eigenvalue weighted by Gasteiger charge is -2.36. The Hall–Kier alpha value is -1.06. The summed E-state index contributed by atoms with van der Waals surface area (Å²) in [6, 6.07) is 8.53. The van der Waals surface area contributed by atoms with Crippen LogP contribution in [-0.4, -0.2) is 73.7 Å². The molecule has 1 aromatic carbocycles. The summed E-state index contributed by atoms with van der Waals surface area (Å²) in [5.74, 6) is -0.451. The van der Waals surface area contributed by atoms with E-state index in [-0.39, 0.29) is 43.2 Å². The van der Waals surface area contributed by atoms with Crippen LogP contribution in [0.15, 0.2) is 30.3 Å². The monoisotopic (exact) mass is 470 g/mol. The average Bonchev–Trinajstić information content (AvgIpc) is 2.69. The molecule has 3 rings (SSSR count). The van der Waals surface area contributed by atoms with E-state index in [1.54, 1.807) is 0 Å². The highest BCUT2D eigenvalue weighted by atomic mass is 35.5. The number of amides is 1. The molecule has 0 bridgehead atoms. The van der Waals surface area contributed by atoms with Crippen molar-refractivity contribution in [1.82, 2.24) is 20.4 Å². The molecule has 1 aromatic rings. The fourth-order valence-corrected chi connectivity index (χ4v) is 3.98. The highest BCUT2D eigenvalue weighted by molar-refractivity contribution is 5.85. The van der Waals surface area contributed by atoms with Gasteiger partial charge in [-0.3, -0.25) is 14.6 Å². The number of carbonyl (C=O) groups excluding carboxylic acids is 1. The van der Waals surface area contributed by atoms with Gasteiger partial charge in [0.2, 0.25) is 5.91 Å². The average molecular weight is 471 g/mol. The van der Waals surface area contributed by atoms with Crippen LogP contribution in [0.3, 0.4) is 0 Å². The predicted octanol–water partition coefficient (Wildman–Crippen LogP) is 2.69. The van der Waals surface area contributed by atoms with Crippen molar-refractivity contribution in [1.29, 1.82) is 0 Å². The summed E-state index contributed by atoms with van der Waals surface area (Å²) in [6.07, 6.45) is -2.98. The van der Waals surface area contributed by atoms with Crippen LogP contribution in [0.1, 0.15) is 18.4 Å². The first-order valence-corrected chi connectivity index (χ1v) is 9.99. The summed E-state index contributed by atoms with van der Waals surface area (Å²) >= 11 is 0. The summed E-state index contributed by atoms with van der Waals surface area (Å²) in [5.41, 5.74) is 1.23. The second kappa shape index (κ2) is 12.7. The summed E-state index contributed by atoms with van der Waals surface area (Å²) in [6.45, 7) is 3.82. The molecule has 2 aliphatic rings. The number of nitrogens with zero attached hydrogens (tertiary/aromatic N) is 2. The van der Waals surface area contributed by atoms with Crippen LogP contribution >= 0.6 is 24.8 Å². The number of piperidine rings is 1. The Bertz CT molecular complexity index is 622. The van der Waals surface area contributed by atoms with Crippen LogP contribution in [0, 0.1) is 5.92 Å². The van der Waals surface area contributed by atoms with Gasteiger partial charge in [0.1, 0.15) is 6.04 Å². The quantitative estimate of drug-likeness (QED) is 0.670. The van der Waals surface area contributed by atoms with E-state index in [0.29, 0.717) is 39.0 Å². The Labute approximate surface area is 188 Å². The van der Waals surface area contributed by atoms with Crippen LogP contribution in [0.5, 0.6) is 0 Å². The van der Waals surface area contributed by atoms with Gasteiger partial charge >= 0.3 is 6.18 Å². The van der Waals surface area contributed by atoms with Crippen molar-refractivity contribution >= 4 is 30.7 Å². The Kier molecular flexibility index (Phi) is 11.4. The Balaban J connectivity index is 0.00000225. The highest BCUT2D eigenvalue weighted by Gasteiger charge is 2.44. The van der Waals surface area contributed by atoms with E-state index in [1.807, 2.05) is 18.2 Å². The molecule has 2 aliphatic heterocycles. The van der Waals surface area contributed by atoms with Crippen molar-refractivity contribution in [2.75, 3.05) is 45.8 Å². The summed E-state index contributed by atoms with van der Waals surface area (Å²) in [7, 11) is 0. The molecule has 5 nitrogen and oxygen atoms in total. The van der Waals surface area contributed by atoms with Crippen LogP contribution in [0.4, 0.5) is 13.2 Å². The number of alkyl halides is 3. The molecule has 1 atom stereocenters. The van der Waals surface area contributed by atoms with E-state index in [9.17, 15) is 18.0 Å². The molecule has 10 heteroatoms. The molecule has 172 valence electrons. The molecule has 0 aromatic heterocycles. The maximum Gasteiger partial charge on any atom is 0.405 e. The van der Waals surface area contributed by atoms with Crippen molar-refractivity contribution in [3.63, 3.8) is 0 Å². The first kappa shape index (κ1) is 27.0. The third-order valence-electron chi connectivity index (χ3n) is 5.65. The van der Waals surface area contributed by atoms with E-state index >= 15 is 0 Å². The molecule has 1 amide bonds. The van der Waals surface area contributed by atoms with E-state index in [4.69, 9.17) is 0 Å². The maximum absolute atomic E-state index is 13.4. The molecule has 0 spiro atoms. The van der Waals surface area contributed by atoms with Crippen LogP contribution in [-0.2, 0) is 11.3 Å². The number of nitrogens with one attached hydrogen (secondary N) is 2. The second-order valence-electron chi connectivity index (χ2n) is 7.62. The first-order chi connectivity index (χ1) is 13.4. The van der Waals surface area contributed by atoms with Crippen LogP contribution < -0.4 is 10.6 Å². The summed E-state index contributed by atoms with van der Waals surface area (Å²) in [4.78, 5) is 16.2. The van der Waals surface area contributed by atoms with Gasteiger partial charge in [-0.1, -0.05) is 30.3 Å². The Morgan fingerprint density at radius 1 is 1.07 bits per heavy atom. The molecule has 2 heterocycles. The number of carbonyl (C=O) groups is 1. The minimum Gasteiger partial charge on any atom is -0.354 e. The SMILES string of the molecule is Cl.Cl.O=C(NCC(N1CCNCC1)C(F)(F)F)C1CCN(Cc2ccccc2)CC1. The van der Waals surface area contributed by atoms with Gasteiger partial charge in [-0.25, -0.2) is 0 Å². The smallest absolute Gasteiger partial charge is 0.354 e. The van der Waals surface area contributed by atoms with Crippen molar-refractivity contribution < 1.29 is 18.0 Å². The lowest BCUT2D eigenvalue weighted by Crippen LogP contribution is -2.58. The zero-order valence-electron chi connectivity index (χ0n) is 16.9. The fraction of sp³-hybridized carbons (Fsp3) is 0.650. The van der Waals surface area contributed by atoms with Gasteiger partial charge < -0.3 is 10.6 Å². The van der Waals surface area contributed by atoms with Gasteiger partial charge in [0.25, 0.3) is 0 Å². The first-order valence-electron chi connectivity index (χ1n) is 9.99. The van der Waals surface area contributed by atoms with Crippen molar-refractivity contribution in [3.8, 4) is 0 Å². The number of benzene rings is 1. The standard InChI is InChI=1S/C20H29F3N4O.2ClH/c21-20(22,23)18(27-12-8-24-9-13-27)14-25-19(28)17-6-10-26(11-7-17)15-16-4-2-1-3-5-16;;/h1-5,17-18,24H,6-15H2,(H,25,28);2*1H. The summed E-state index contributed by atoms with van der Waals surface area (Å²) in [5, 5.41) is 5.64. The predicted molar refractivity (Wildman–Crippen MR) is 116 cm³/mol. The maximum atomic E-state index is 13.4. The number of hydrogen-bond donors (Lipinski definition) is 2. The normalized spacial score (nSPS) is 20.0. The topological polar surface area (TPSA) is 47.6 Å². The zero-order chi connectivity index (χ0) is 20.0. The van der Waals surface area contributed by atoms with Gasteiger partial charge in [-0.15, -0.1) is 24.8 Å². The Morgan fingerprint density at radius 2 is 1.67 bits per heavy atom. The van der Waals surface area contributed by atoms with Crippen LogP contribution in [0.25, 0.3) is 0 Å². The molecule has 0 saturated carbocycles. The number of hydrogen-bond acceptors (Lipinski definition) is 4. The largest absolute Gasteiger partial charge is 0.405 e.